The first-order valence-electron chi connectivity index (χ1n) is 8.71. The summed E-state index contributed by atoms with van der Waals surface area (Å²) in [5, 5.41) is 29.9. The summed E-state index contributed by atoms with van der Waals surface area (Å²) in [5.41, 5.74) is 0.953. The predicted octanol–water partition coefficient (Wildman–Crippen LogP) is 1.37. The summed E-state index contributed by atoms with van der Waals surface area (Å²) in [6, 6.07) is 10.5. The maximum atomic E-state index is 10.4. The topological polar surface area (TPSA) is 88.4 Å². The van der Waals surface area contributed by atoms with E-state index in [1.165, 1.54) is 0 Å². The zero-order valence-electron chi connectivity index (χ0n) is 15.2. The third kappa shape index (κ3) is 6.14. The number of ether oxygens (including phenoxy) is 3. The molecule has 1 aliphatic rings. The second kappa shape index (κ2) is 9.23. The van der Waals surface area contributed by atoms with Crippen LogP contribution in [-0.2, 0) is 20.8 Å². The Balaban J connectivity index is 2.01. The zero-order chi connectivity index (χ0) is 18.4. The molecule has 1 heterocycles. The van der Waals surface area contributed by atoms with Gasteiger partial charge in [0.1, 0.15) is 24.4 Å². The van der Waals surface area contributed by atoms with Crippen molar-refractivity contribution in [3.8, 4) is 0 Å². The molecular formula is C18H30O6Si. The summed E-state index contributed by atoms with van der Waals surface area (Å²) in [7, 11) is -1.27. The molecule has 0 bridgehead atoms. The standard InChI is InChI=1S/C18H30O6Si/c1-25(2,3)10-9-22-18-17(16(21)15(20)14(11-19)24-18)23-12-13-7-5-4-6-8-13/h4-8,14-21H,9-12H2,1-3H3/t14-,15+,16+,17-,18-/m1/s1. The van der Waals surface area contributed by atoms with Crippen LogP contribution in [0.2, 0.25) is 25.7 Å². The van der Waals surface area contributed by atoms with Gasteiger partial charge in [-0.1, -0.05) is 50.0 Å². The van der Waals surface area contributed by atoms with Gasteiger partial charge < -0.3 is 29.5 Å². The van der Waals surface area contributed by atoms with Crippen molar-refractivity contribution in [1.82, 2.24) is 0 Å². The van der Waals surface area contributed by atoms with Gasteiger partial charge in [-0.25, -0.2) is 0 Å². The zero-order valence-corrected chi connectivity index (χ0v) is 16.2. The highest BCUT2D eigenvalue weighted by atomic mass is 28.3. The molecule has 2 rings (SSSR count). The molecule has 0 saturated carbocycles. The van der Waals surface area contributed by atoms with Crippen LogP contribution in [0.5, 0.6) is 0 Å². The highest BCUT2D eigenvalue weighted by Gasteiger charge is 2.45. The Hall–Kier alpha value is -0.803. The van der Waals surface area contributed by atoms with Crippen LogP contribution in [0.15, 0.2) is 30.3 Å². The van der Waals surface area contributed by atoms with Crippen LogP contribution >= 0.6 is 0 Å². The second-order valence-corrected chi connectivity index (χ2v) is 13.3. The first kappa shape index (κ1) is 20.5. The Kier molecular flexibility index (Phi) is 7.57. The molecule has 0 aliphatic carbocycles. The lowest BCUT2D eigenvalue weighted by atomic mass is 9.99. The van der Waals surface area contributed by atoms with Gasteiger partial charge in [-0.15, -0.1) is 0 Å². The molecule has 0 unspecified atom stereocenters. The van der Waals surface area contributed by atoms with Crippen LogP contribution < -0.4 is 0 Å². The van der Waals surface area contributed by atoms with E-state index in [9.17, 15) is 15.3 Å². The molecule has 0 radical (unpaired) electrons. The molecule has 1 aromatic carbocycles. The normalized spacial score (nSPS) is 30.4. The van der Waals surface area contributed by atoms with Crippen molar-refractivity contribution >= 4 is 8.07 Å². The fourth-order valence-electron chi connectivity index (χ4n) is 2.62. The molecule has 1 aliphatic heterocycles. The van der Waals surface area contributed by atoms with Crippen LogP contribution in [0.3, 0.4) is 0 Å². The van der Waals surface area contributed by atoms with Gasteiger partial charge in [-0.3, -0.25) is 0 Å². The fraction of sp³-hybridized carbons (Fsp3) is 0.667. The van der Waals surface area contributed by atoms with Gasteiger partial charge in [0.25, 0.3) is 0 Å². The number of aliphatic hydroxyl groups is 3. The van der Waals surface area contributed by atoms with E-state index in [1.807, 2.05) is 30.3 Å². The first-order valence-corrected chi connectivity index (χ1v) is 12.4. The van der Waals surface area contributed by atoms with E-state index < -0.39 is 45.4 Å². The Morgan fingerprint density at radius 3 is 2.32 bits per heavy atom. The molecule has 3 N–H and O–H groups in total. The fourth-order valence-corrected chi connectivity index (χ4v) is 3.35. The van der Waals surface area contributed by atoms with E-state index in [0.717, 1.165) is 11.6 Å². The van der Waals surface area contributed by atoms with Crippen LogP contribution in [0.4, 0.5) is 0 Å². The monoisotopic (exact) mass is 370 g/mol. The minimum Gasteiger partial charge on any atom is -0.394 e. The number of rotatable bonds is 8. The number of benzene rings is 1. The summed E-state index contributed by atoms with van der Waals surface area (Å²) in [5.74, 6) is 0. The first-order chi connectivity index (χ1) is 11.8. The summed E-state index contributed by atoms with van der Waals surface area (Å²) >= 11 is 0. The van der Waals surface area contributed by atoms with Crippen molar-refractivity contribution in [2.45, 2.75) is 63.0 Å². The molecule has 25 heavy (non-hydrogen) atoms. The number of hydrogen-bond acceptors (Lipinski definition) is 6. The maximum absolute atomic E-state index is 10.4. The molecule has 1 fully saturated rings. The van der Waals surface area contributed by atoms with Crippen molar-refractivity contribution in [3.63, 3.8) is 0 Å². The van der Waals surface area contributed by atoms with Gasteiger partial charge in [-0.2, -0.15) is 0 Å². The van der Waals surface area contributed by atoms with E-state index in [2.05, 4.69) is 19.6 Å². The average Bonchev–Trinajstić information content (AvgIpc) is 2.57. The summed E-state index contributed by atoms with van der Waals surface area (Å²) in [6.45, 7) is 7.12. The van der Waals surface area contributed by atoms with Crippen LogP contribution in [-0.4, -0.2) is 67.3 Å². The van der Waals surface area contributed by atoms with Crippen molar-refractivity contribution in [2.75, 3.05) is 13.2 Å². The third-order valence-electron chi connectivity index (χ3n) is 4.24. The quantitative estimate of drug-likeness (QED) is 0.599. The highest BCUT2D eigenvalue weighted by Crippen LogP contribution is 2.26. The van der Waals surface area contributed by atoms with E-state index >= 15 is 0 Å². The smallest absolute Gasteiger partial charge is 0.186 e. The van der Waals surface area contributed by atoms with Crippen LogP contribution in [0.1, 0.15) is 5.56 Å². The maximum Gasteiger partial charge on any atom is 0.186 e. The molecular weight excluding hydrogens is 340 g/mol. The van der Waals surface area contributed by atoms with Crippen LogP contribution in [0.25, 0.3) is 0 Å². The Bertz CT molecular complexity index is 506. The minimum absolute atomic E-state index is 0.274. The summed E-state index contributed by atoms with van der Waals surface area (Å²) in [6.07, 6.45) is -4.94. The largest absolute Gasteiger partial charge is 0.394 e. The molecule has 6 nitrogen and oxygen atoms in total. The molecule has 142 valence electrons. The van der Waals surface area contributed by atoms with Gasteiger partial charge >= 0.3 is 0 Å². The van der Waals surface area contributed by atoms with E-state index in [-0.39, 0.29) is 6.61 Å². The van der Waals surface area contributed by atoms with Crippen molar-refractivity contribution < 1.29 is 29.5 Å². The Morgan fingerprint density at radius 1 is 1.04 bits per heavy atom. The lowest BCUT2D eigenvalue weighted by molar-refractivity contribution is -0.310. The SMILES string of the molecule is C[Si](C)(C)CCO[C@@H]1O[C@H](CO)[C@H](O)[C@H](O)[C@H]1OCc1ccccc1. The molecule has 7 heteroatoms. The van der Waals surface area contributed by atoms with Gasteiger partial charge in [0, 0.05) is 14.7 Å². The van der Waals surface area contributed by atoms with Crippen molar-refractivity contribution in [2.24, 2.45) is 0 Å². The summed E-state index contributed by atoms with van der Waals surface area (Å²) in [4.78, 5) is 0. The van der Waals surface area contributed by atoms with Gasteiger partial charge in [0.2, 0.25) is 0 Å². The Morgan fingerprint density at radius 2 is 1.72 bits per heavy atom. The molecule has 1 aromatic rings. The van der Waals surface area contributed by atoms with Gasteiger partial charge in [0.05, 0.1) is 13.2 Å². The van der Waals surface area contributed by atoms with E-state index in [0.29, 0.717) is 6.61 Å². The van der Waals surface area contributed by atoms with Crippen molar-refractivity contribution in [1.29, 1.82) is 0 Å². The molecule has 0 spiro atoms. The van der Waals surface area contributed by atoms with Gasteiger partial charge in [-0.05, 0) is 11.6 Å². The molecule has 1 saturated heterocycles. The van der Waals surface area contributed by atoms with Crippen LogP contribution in [0, 0.1) is 0 Å². The average molecular weight is 371 g/mol. The number of hydrogen-bond donors (Lipinski definition) is 3. The van der Waals surface area contributed by atoms with E-state index in [1.54, 1.807) is 0 Å². The molecule has 0 aromatic heterocycles. The van der Waals surface area contributed by atoms with Gasteiger partial charge in [0.15, 0.2) is 6.29 Å². The summed E-state index contributed by atoms with van der Waals surface area (Å²) < 4.78 is 17.3. The molecule has 5 atom stereocenters. The lowest BCUT2D eigenvalue weighted by Crippen LogP contribution is -2.60. The minimum atomic E-state index is -1.27. The molecule has 0 amide bonds. The Labute approximate surface area is 150 Å². The third-order valence-corrected chi connectivity index (χ3v) is 5.95. The van der Waals surface area contributed by atoms with Crippen molar-refractivity contribution in [3.05, 3.63) is 35.9 Å². The van der Waals surface area contributed by atoms with E-state index in [4.69, 9.17) is 14.2 Å². The lowest BCUT2D eigenvalue weighted by Gasteiger charge is -2.42. The highest BCUT2D eigenvalue weighted by molar-refractivity contribution is 6.76. The predicted molar refractivity (Wildman–Crippen MR) is 96.9 cm³/mol. The number of aliphatic hydroxyl groups excluding tert-OH is 3. The second-order valence-electron chi connectivity index (χ2n) is 7.65.